The zero-order valence-corrected chi connectivity index (χ0v) is 10.9. The maximum Gasteiger partial charge on any atom is 0.214 e. The molecule has 1 heterocycles. The highest BCUT2D eigenvalue weighted by Crippen LogP contribution is 2.21. The molecule has 5 nitrogen and oxygen atoms in total. The molecule has 0 saturated heterocycles. The van der Waals surface area contributed by atoms with E-state index >= 15 is 0 Å². The second kappa shape index (κ2) is 4.81. The Morgan fingerprint density at radius 2 is 2.00 bits per heavy atom. The van der Waals surface area contributed by atoms with Gasteiger partial charge in [-0.1, -0.05) is 6.07 Å². The second-order valence-corrected chi connectivity index (χ2v) is 5.67. The van der Waals surface area contributed by atoms with Gasteiger partial charge < -0.3 is 9.47 Å². The van der Waals surface area contributed by atoms with E-state index in [1.165, 1.54) is 6.92 Å². The first-order valence-corrected chi connectivity index (χ1v) is 6.84. The predicted molar refractivity (Wildman–Crippen MR) is 68.6 cm³/mol. The number of methoxy groups -OCH3 is 1. The highest BCUT2D eigenvalue weighted by atomic mass is 32.2. The molecule has 0 aliphatic carbocycles. The Hall–Kier alpha value is -1.82. The van der Waals surface area contributed by atoms with Crippen LogP contribution >= 0.6 is 0 Å². The van der Waals surface area contributed by atoms with Gasteiger partial charge in [-0.3, -0.25) is 0 Å². The molecule has 1 aromatic rings. The van der Waals surface area contributed by atoms with E-state index in [1.807, 2.05) is 0 Å². The molecule has 0 amide bonds. The smallest absolute Gasteiger partial charge is 0.214 e. The highest BCUT2D eigenvalue weighted by Gasteiger charge is 2.20. The first kappa shape index (κ1) is 12.6. The lowest BCUT2D eigenvalue weighted by molar-refractivity contribution is 0.346. The van der Waals surface area contributed by atoms with Crippen LogP contribution in [0.4, 0.5) is 0 Å². The topological polar surface area (TPSA) is 65.0 Å². The van der Waals surface area contributed by atoms with Gasteiger partial charge in [0.2, 0.25) is 9.84 Å². The number of ether oxygens (including phenoxy) is 2. The summed E-state index contributed by atoms with van der Waals surface area (Å²) in [6.45, 7) is 1.58. The van der Waals surface area contributed by atoms with Crippen LogP contribution in [0.3, 0.4) is 0 Å². The molecule has 96 valence electrons. The minimum absolute atomic E-state index is 0.103. The van der Waals surface area contributed by atoms with E-state index in [0.29, 0.717) is 17.2 Å². The van der Waals surface area contributed by atoms with Gasteiger partial charge in [-0.25, -0.2) is 13.4 Å². The predicted octanol–water partition coefficient (Wildman–Crippen LogP) is 1.76. The van der Waals surface area contributed by atoms with Gasteiger partial charge >= 0.3 is 0 Å². The van der Waals surface area contributed by atoms with Crippen LogP contribution in [0.2, 0.25) is 0 Å². The van der Waals surface area contributed by atoms with E-state index < -0.39 is 9.84 Å². The summed E-state index contributed by atoms with van der Waals surface area (Å²) in [5.41, 5.74) is 0.398. The van der Waals surface area contributed by atoms with Gasteiger partial charge in [-0.15, -0.1) is 0 Å². The lowest BCUT2D eigenvalue weighted by Crippen LogP contribution is -2.01. The van der Waals surface area contributed by atoms with E-state index in [9.17, 15) is 8.42 Å². The molecule has 1 aromatic carbocycles. The van der Waals surface area contributed by atoms with Crippen molar-refractivity contribution in [2.75, 3.05) is 13.7 Å². The molecular weight excluding hydrogens is 254 g/mol. The maximum absolute atomic E-state index is 11.4. The summed E-state index contributed by atoms with van der Waals surface area (Å²) in [7, 11) is -1.74. The Morgan fingerprint density at radius 1 is 1.28 bits per heavy atom. The Bertz CT molecular complexity index is 617. The molecule has 18 heavy (non-hydrogen) atoms. The van der Waals surface area contributed by atoms with Gasteiger partial charge in [0.15, 0.2) is 0 Å². The first-order valence-electron chi connectivity index (χ1n) is 5.29. The molecular formula is C12H13NO4S. The molecule has 0 bridgehead atoms. The number of benzene rings is 1. The van der Waals surface area contributed by atoms with Crippen molar-refractivity contribution in [3.05, 3.63) is 35.4 Å². The van der Waals surface area contributed by atoms with Crippen molar-refractivity contribution in [2.45, 2.75) is 6.92 Å². The van der Waals surface area contributed by atoms with E-state index in [2.05, 4.69) is 4.99 Å². The molecule has 1 aliphatic heterocycles. The molecule has 0 atom stereocenters. The van der Waals surface area contributed by atoms with Crippen LogP contribution in [0.25, 0.3) is 0 Å². The van der Waals surface area contributed by atoms with Crippen LogP contribution in [0, 0.1) is 0 Å². The van der Waals surface area contributed by atoms with Gasteiger partial charge in [0.05, 0.1) is 18.2 Å². The SMILES string of the molecule is COc1cccc(OCC2=CS(=O)(=O)C(C)=N2)c1. The molecule has 0 unspecified atom stereocenters. The Kier molecular flexibility index (Phi) is 3.38. The maximum atomic E-state index is 11.4. The standard InChI is InChI=1S/C12H13NO4S/c1-9-13-10(8-18(9,14)15)7-17-12-5-3-4-11(6-12)16-2/h3-6,8H,7H2,1-2H3. The summed E-state index contributed by atoms with van der Waals surface area (Å²) in [5.74, 6) is 1.28. The average Bonchev–Trinajstić information content (AvgIpc) is 2.61. The molecule has 0 saturated carbocycles. The summed E-state index contributed by atoms with van der Waals surface area (Å²) in [5, 5.41) is 1.23. The Labute approximate surface area is 106 Å². The van der Waals surface area contributed by atoms with Gasteiger partial charge in [0.25, 0.3) is 0 Å². The van der Waals surface area contributed by atoms with Crippen molar-refractivity contribution < 1.29 is 17.9 Å². The van der Waals surface area contributed by atoms with Crippen molar-refractivity contribution in [1.29, 1.82) is 0 Å². The molecule has 0 radical (unpaired) electrons. The molecule has 6 heteroatoms. The lowest BCUT2D eigenvalue weighted by Gasteiger charge is -2.06. The van der Waals surface area contributed by atoms with Gasteiger partial charge in [-0.2, -0.15) is 0 Å². The van der Waals surface area contributed by atoms with Crippen molar-refractivity contribution in [2.24, 2.45) is 4.99 Å². The van der Waals surface area contributed by atoms with Crippen molar-refractivity contribution >= 4 is 14.9 Å². The fourth-order valence-electron chi connectivity index (χ4n) is 1.47. The number of aliphatic imine (C=N–C) groups is 1. The molecule has 0 spiro atoms. The molecule has 1 aliphatic rings. The normalized spacial score (nSPS) is 17.0. The van der Waals surface area contributed by atoms with Crippen LogP contribution in [0.1, 0.15) is 6.92 Å². The minimum Gasteiger partial charge on any atom is -0.497 e. The number of hydrogen-bond donors (Lipinski definition) is 0. The summed E-state index contributed by atoms with van der Waals surface area (Å²) < 4.78 is 33.3. The first-order chi connectivity index (χ1) is 8.51. The van der Waals surface area contributed by atoms with E-state index in [0.717, 1.165) is 5.41 Å². The number of sulfone groups is 1. The van der Waals surface area contributed by atoms with Crippen LogP contribution in [-0.4, -0.2) is 27.2 Å². The average molecular weight is 267 g/mol. The van der Waals surface area contributed by atoms with Crippen LogP contribution in [0.15, 0.2) is 40.4 Å². The third kappa shape index (κ3) is 2.70. The molecule has 0 N–H and O–H groups in total. The fourth-order valence-corrected chi connectivity index (χ4v) is 2.37. The largest absolute Gasteiger partial charge is 0.497 e. The zero-order valence-electron chi connectivity index (χ0n) is 10.1. The van der Waals surface area contributed by atoms with Crippen molar-refractivity contribution in [3.8, 4) is 11.5 Å². The molecule has 0 aromatic heterocycles. The van der Waals surface area contributed by atoms with Crippen LogP contribution in [0.5, 0.6) is 11.5 Å². The van der Waals surface area contributed by atoms with Crippen LogP contribution in [-0.2, 0) is 9.84 Å². The van der Waals surface area contributed by atoms with E-state index in [1.54, 1.807) is 31.4 Å². The monoisotopic (exact) mass is 267 g/mol. The van der Waals surface area contributed by atoms with Crippen LogP contribution < -0.4 is 9.47 Å². The number of nitrogens with zero attached hydrogens (tertiary/aromatic N) is 1. The summed E-state index contributed by atoms with van der Waals surface area (Å²) in [6.07, 6.45) is 0. The van der Waals surface area contributed by atoms with Crippen molar-refractivity contribution in [3.63, 3.8) is 0 Å². The van der Waals surface area contributed by atoms with Gasteiger partial charge in [0, 0.05) is 6.07 Å². The summed E-state index contributed by atoms with van der Waals surface area (Å²) >= 11 is 0. The van der Waals surface area contributed by atoms with Crippen molar-refractivity contribution in [1.82, 2.24) is 0 Å². The number of hydrogen-bond acceptors (Lipinski definition) is 5. The summed E-state index contributed by atoms with van der Waals surface area (Å²) in [4.78, 5) is 3.93. The lowest BCUT2D eigenvalue weighted by atomic mass is 10.3. The summed E-state index contributed by atoms with van der Waals surface area (Å²) in [6, 6.07) is 7.08. The Balaban J connectivity index is 2.05. The third-order valence-electron chi connectivity index (χ3n) is 2.43. The molecule has 0 fully saturated rings. The zero-order chi connectivity index (χ0) is 13.2. The third-order valence-corrected chi connectivity index (χ3v) is 3.93. The van der Waals surface area contributed by atoms with E-state index in [-0.39, 0.29) is 11.7 Å². The van der Waals surface area contributed by atoms with Gasteiger partial charge in [0.1, 0.15) is 23.1 Å². The minimum atomic E-state index is -3.31. The quantitative estimate of drug-likeness (QED) is 0.833. The Morgan fingerprint density at radius 3 is 2.61 bits per heavy atom. The number of rotatable bonds is 4. The van der Waals surface area contributed by atoms with Gasteiger partial charge in [-0.05, 0) is 19.1 Å². The highest BCUT2D eigenvalue weighted by molar-refractivity contribution is 8.09. The fraction of sp³-hybridized carbons (Fsp3) is 0.250. The molecule has 2 rings (SSSR count). The second-order valence-electron chi connectivity index (χ2n) is 3.75. The van der Waals surface area contributed by atoms with E-state index in [4.69, 9.17) is 9.47 Å².